The number of rotatable bonds is 2. The highest BCUT2D eigenvalue weighted by molar-refractivity contribution is 5.91. The molecule has 0 fully saturated rings. The van der Waals surface area contributed by atoms with Gasteiger partial charge in [0.1, 0.15) is 0 Å². The number of carbonyl (C=O) groups excluding carboxylic acids is 1. The molecule has 2 heteroatoms. The highest BCUT2D eigenvalue weighted by atomic mass is 16.5. The summed E-state index contributed by atoms with van der Waals surface area (Å²) in [5, 5.41) is 0. The number of methoxy groups -OCH3 is 1. The van der Waals surface area contributed by atoms with Gasteiger partial charge in [0.15, 0.2) is 0 Å². The van der Waals surface area contributed by atoms with Crippen LogP contribution in [0.2, 0.25) is 0 Å². The second-order valence-corrected chi connectivity index (χ2v) is 5.07. The van der Waals surface area contributed by atoms with Crippen LogP contribution in [-0.2, 0) is 9.53 Å². The predicted molar refractivity (Wildman–Crippen MR) is 61.5 cm³/mol. The molecule has 0 N–H and O–H groups in total. The SMILES string of the molecule is CCC1=C(C(=O)OC)C(C)(C)CCC1C. The van der Waals surface area contributed by atoms with Gasteiger partial charge in [-0.2, -0.15) is 0 Å². The Morgan fingerprint density at radius 1 is 1.53 bits per heavy atom. The second kappa shape index (κ2) is 4.38. The fourth-order valence-electron chi connectivity index (χ4n) is 2.59. The molecule has 0 amide bonds. The third kappa shape index (κ3) is 2.24. The van der Waals surface area contributed by atoms with Gasteiger partial charge < -0.3 is 4.74 Å². The molecular formula is C13H22O2. The standard InChI is InChI=1S/C13H22O2/c1-6-10-9(2)7-8-13(3,4)11(10)12(14)15-5/h9H,6-8H2,1-5H3. The van der Waals surface area contributed by atoms with E-state index in [0.29, 0.717) is 5.92 Å². The number of carbonyl (C=O) groups is 1. The summed E-state index contributed by atoms with van der Waals surface area (Å²) in [6.45, 7) is 8.61. The molecule has 0 saturated heterocycles. The molecule has 1 unspecified atom stereocenters. The van der Waals surface area contributed by atoms with Gasteiger partial charge in [-0.3, -0.25) is 0 Å². The van der Waals surface area contributed by atoms with Crippen molar-refractivity contribution in [2.24, 2.45) is 11.3 Å². The molecule has 0 aromatic rings. The van der Waals surface area contributed by atoms with Gasteiger partial charge in [0.2, 0.25) is 0 Å². The molecule has 0 aromatic carbocycles. The molecule has 2 nitrogen and oxygen atoms in total. The van der Waals surface area contributed by atoms with Gasteiger partial charge >= 0.3 is 5.97 Å². The van der Waals surface area contributed by atoms with Crippen molar-refractivity contribution in [1.29, 1.82) is 0 Å². The van der Waals surface area contributed by atoms with Crippen molar-refractivity contribution in [3.8, 4) is 0 Å². The van der Waals surface area contributed by atoms with Gasteiger partial charge in [-0.25, -0.2) is 4.79 Å². The van der Waals surface area contributed by atoms with Crippen LogP contribution in [0.3, 0.4) is 0 Å². The summed E-state index contributed by atoms with van der Waals surface area (Å²) >= 11 is 0. The molecule has 0 spiro atoms. The van der Waals surface area contributed by atoms with E-state index < -0.39 is 0 Å². The highest BCUT2D eigenvalue weighted by Crippen LogP contribution is 2.44. The Balaban J connectivity index is 3.22. The Hall–Kier alpha value is -0.790. The van der Waals surface area contributed by atoms with Crippen molar-refractivity contribution in [2.75, 3.05) is 7.11 Å². The number of ether oxygens (including phenoxy) is 1. The first-order valence-corrected chi connectivity index (χ1v) is 5.75. The Morgan fingerprint density at radius 3 is 2.60 bits per heavy atom. The molecule has 0 radical (unpaired) electrons. The van der Waals surface area contributed by atoms with Gasteiger partial charge in [0, 0.05) is 5.57 Å². The summed E-state index contributed by atoms with van der Waals surface area (Å²) in [5.41, 5.74) is 2.19. The fourth-order valence-corrected chi connectivity index (χ4v) is 2.59. The second-order valence-electron chi connectivity index (χ2n) is 5.07. The van der Waals surface area contributed by atoms with Crippen molar-refractivity contribution >= 4 is 5.97 Å². The molecule has 15 heavy (non-hydrogen) atoms. The zero-order chi connectivity index (χ0) is 11.6. The largest absolute Gasteiger partial charge is 0.466 e. The average Bonchev–Trinajstić information content (AvgIpc) is 2.20. The molecule has 0 aromatic heterocycles. The molecule has 0 saturated carbocycles. The summed E-state index contributed by atoms with van der Waals surface area (Å²) in [4.78, 5) is 11.8. The molecule has 1 atom stereocenters. The van der Waals surface area contributed by atoms with Gasteiger partial charge in [-0.05, 0) is 30.6 Å². The van der Waals surface area contributed by atoms with E-state index >= 15 is 0 Å². The van der Waals surface area contributed by atoms with Crippen LogP contribution >= 0.6 is 0 Å². The van der Waals surface area contributed by atoms with Crippen LogP contribution in [0.1, 0.15) is 47.0 Å². The first kappa shape index (κ1) is 12.3. The summed E-state index contributed by atoms with van der Waals surface area (Å²) in [5.74, 6) is 0.389. The third-order valence-electron chi connectivity index (χ3n) is 3.57. The normalized spacial score (nSPS) is 25.3. The summed E-state index contributed by atoms with van der Waals surface area (Å²) in [6, 6.07) is 0. The van der Waals surface area contributed by atoms with E-state index in [1.165, 1.54) is 19.1 Å². The van der Waals surface area contributed by atoms with E-state index in [2.05, 4.69) is 27.7 Å². The maximum atomic E-state index is 11.8. The molecule has 1 aliphatic carbocycles. The van der Waals surface area contributed by atoms with Gasteiger partial charge in [0.05, 0.1) is 7.11 Å². The number of allylic oxidation sites excluding steroid dienone is 1. The van der Waals surface area contributed by atoms with Crippen molar-refractivity contribution in [1.82, 2.24) is 0 Å². The van der Waals surface area contributed by atoms with E-state index in [1.54, 1.807) is 0 Å². The molecule has 1 rings (SSSR count). The molecule has 0 heterocycles. The summed E-state index contributed by atoms with van der Waals surface area (Å²) < 4.78 is 4.91. The van der Waals surface area contributed by atoms with Crippen LogP contribution in [-0.4, -0.2) is 13.1 Å². The Morgan fingerprint density at radius 2 is 2.13 bits per heavy atom. The summed E-state index contributed by atoms with van der Waals surface area (Å²) in [7, 11) is 1.47. The van der Waals surface area contributed by atoms with Crippen molar-refractivity contribution in [2.45, 2.75) is 47.0 Å². The van der Waals surface area contributed by atoms with Crippen LogP contribution in [0, 0.1) is 11.3 Å². The first-order valence-electron chi connectivity index (χ1n) is 5.75. The van der Waals surface area contributed by atoms with E-state index in [-0.39, 0.29) is 11.4 Å². The third-order valence-corrected chi connectivity index (χ3v) is 3.57. The lowest BCUT2D eigenvalue weighted by molar-refractivity contribution is -0.137. The minimum absolute atomic E-state index is 0.0229. The lowest BCUT2D eigenvalue weighted by atomic mass is 9.68. The Bertz CT molecular complexity index is 287. The van der Waals surface area contributed by atoms with Crippen molar-refractivity contribution in [3.63, 3.8) is 0 Å². The zero-order valence-electron chi connectivity index (χ0n) is 10.5. The fraction of sp³-hybridized carbons (Fsp3) is 0.769. The van der Waals surface area contributed by atoms with E-state index in [1.807, 2.05) is 0 Å². The van der Waals surface area contributed by atoms with E-state index in [0.717, 1.165) is 18.4 Å². The van der Waals surface area contributed by atoms with Crippen LogP contribution < -0.4 is 0 Å². The Kier molecular flexibility index (Phi) is 3.58. The quantitative estimate of drug-likeness (QED) is 0.653. The maximum absolute atomic E-state index is 11.8. The number of hydrogen-bond acceptors (Lipinski definition) is 2. The van der Waals surface area contributed by atoms with Crippen molar-refractivity contribution < 1.29 is 9.53 Å². The molecule has 86 valence electrons. The smallest absolute Gasteiger partial charge is 0.334 e. The first-order chi connectivity index (χ1) is 6.94. The number of hydrogen-bond donors (Lipinski definition) is 0. The summed E-state index contributed by atoms with van der Waals surface area (Å²) in [6.07, 6.45) is 3.20. The highest BCUT2D eigenvalue weighted by Gasteiger charge is 2.36. The zero-order valence-corrected chi connectivity index (χ0v) is 10.5. The van der Waals surface area contributed by atoms with E-state index in [9.17, 15) is 4.79 Å². The molecular weight excluding hydrogens is 188 g/mol. The van der Waals surface area contributed by atoms with Crippen LogP contribution in [0.4, 0.5) is 0 Å². The van der Waals surface area contributed by atoms with Gasteiger partial charge in [-0.1, -0.05) is 33.3 Å². The molecule has 1 aliphatic rings. The lowest BCUT2D eigenvalue weighted by Crippen LogP contribution is -2.30. The minimum Gasteiger partial charge on any atom is -0.466 e. The van der Waals surface area contributed by atoms with Crippen LogP contribution in [0.15, 0.2) is 11.1 Å². The minimum atomic E-state index is -0.136. The topological polar surface area (TPSA) is 26.3 Å². The lowest BCUT2D eigenvalue weighted by Gasteiger charge is -2.36. The van der Waals surface area contributed by atoms with Crippen LogP contribution in [0.5, 0.6) is 0 Å². The molecule has 0 bridgehead atoms. The average molecular weight is 210 g/mol. The van der Waals surface area contributed by atoms with Crippen molar-refractivity contribution in [3.05, 3.63) is 11.1 Å². The monoisotopic (exact) mass is 210 g/mol. The number of esters is 1. The van der Waals surface area contributed by atoms with Gasteiger partial charge in [-0.15, -0.1) is 0 Å². The van der Waals surface area contributed by atoms with Gasteiger partial charge in [0.25, 0.3) is 0 Å². The van der Waals surface area contributed by atoms with E-state index in [4.69, 9.17) is 4.74 Å². The van der Waals surface area contributed by atoms with Crippen LogP contribution in [0.25, 0.3) is 0 Å². The molecule has 0 aliphatic heterocycles. The maximum Gasteiger partial charge on any atom is 0.334 e. The predicted octanol–water partition coefficient (Wildman–Crippen LogP) is 3.32. The Labute approximate surface area is 92.7 Å².